The number of halogens is 1. The van der Waals surface area contributed by atoms with Crippen LogP contribution in [0.25, 0.3) is 0 Å². The van der Waals surface area contributed by atoms with Gasteiger partial charge in [0.15, 0.2) is 0 Å². The van der Waals surface area contributed by atoms with Gasteiger partial charge in [-0.05, 0) is 31.4 Å². The third kappa shape index (κ3) is 1.08. The number of hydrogen-bond donors (Lipinski definition) is 1. The summed E-state index contributed by atoms with van der Waals surface area (Å²) in [4.78, 5) is 0. The number of nitrogens with one attached hydrogen (secondary N) is 1. The molecule has 1 aliphatic heterocycles. The molecule has 14 heavy (non-hydrogen) atoms. The zero-order valence-electron chi connectivity index (χ0n) is 7.85. The highest BCUT2D eigenvalue weighted by Crippen LogP contribution is 2.42. The van der Waals surface area contributed by atoms with E-state index in [1.54, 1.807) is 6.07 Å². The summed E-state index contributed by atoms with van der Waals surface area (Å²) in [7, 11) is 0. The second-order valence-corrected chi connectivity index (χ2v) is 4.13. The van der Waals surface area contributed by atoms with Gasteiger partial charge in [0.25, 0.3) is 0 Å². The van der Waals surface area contributed by atoms with Gasteiger partial charge in [0, 0.05) is 6.07 Å². The molecule has 0 unspecified atom stereocenters. The van der Waals surface area contributed by atoms with Gasteiger partial charge in [0.05, 0.1) is 12.2 Å². The van der Waals surface area contributed by atoms with Crippen LogP contribution in [0.5, 0.6) is 5.75 Å². The summed E-state index contributed by atoms with van der Waals surface area (Å²) in [5, 5.41) is 3.29. The summed E-state index contributed by atoms with van der Waals surface area (Å²) in [6.07, 6.45) is 3.37. The lowest BCUT2D eigenvalue weighted by molar-refractivity contribution is -0.0000433. The first kappa shape index (κ1) is 8.09. The molecule has 0 aromatic heterocycles. The monoisotopic (exact) mass is 193 g/mol. The van der Waals surface area contributed by atoms with E-state index in [0.717, 1.165) is 25.1 Å². The molecule has 1 saturated carbocycles. The van der Waals surface area contributed by atoms with Crippen LogP contribution in [0.1, 0.15) is 19.3 Å². The fourth-order valence-corrected chi connectivity index (χ4v) is 2.10. The highest BCUT2D eigenvalue weighted by Gasteiger charge is 2.42. The maximum Gasteiger partial charge on any atom is 0.146 e. The molecule has 2 aliphatic rings. The van der Waals surface area contributed by atoms with Crippen molar-refractivity contribution in [2.45, 2.75) is 24.9 Å². The lowest BCUT2D eigenvalue weighted by Crippen LogP contribution is -2.51. The van der Waals surface area contributed by atoms with Crippen LogP contribution < -0.4 is 10.1 Å². The smallest absolute Gasteiger partial charge is 0.146 e. The molecule has 1 aromatic rings. The van der Waals surface area contributed by atoms with Gasteiger partial charge in [-0.15, -0.1) is 0 Å². The van der Waals surface area contributed by atoms with Crippen molar-refractivity contribution in [3.8, 4) is 5.75 Å². The van der Waals surface area contributed by atoms with Crippen molar-refractivity contribution in [3.63, 3.8) is 0 Å². The molecule has 1 aliphatic carbocycles. The third-order valence-electron chi connectivity index (χ3n) is 3.14. The quantitative estimate of drug-likeness (QED) is 0.683. The molecule has 1 N–H and O–H groups in total. The minimum atomic E-state index is -0.234. The SMILES string of the molecule is Fc1ccc2c(c1)OC1(CCC1)CN2. The van der Waals surface area contributed by atoms with Gasteiger partial charge in [-0.3, -0.25) is 0 Å². The molecule has 3 rings (SSSR count). The van der Waals surface area contributed by atoms with Crippen molar-refractivity contribution in [1.82, 2.24) is 0 Å². The maximum absolute atomic E-state index is 13.0. The van der Waals surface area contributed by atoms with Crippen molar-refractivity contribution in [1.29, 1.82) is 0 Å². The summed E-state index contributed by atoms with van der Waals surface area (Å²) in [5.74, 6) is 0.429. The van der Waals surface area contributed by atoms with Crippen molar-refractivity contribution in [3.05, 3.63) is 24.0 Å². The van der Waals surface area contributed by atoms with Gasteiger partial charge in [-0.2, -0.15) is 0 Å². The number of fused-ring (bicyclic) bond motifs is 1. The van der Waals surface area contributed by atoms with E-state index in [2.05, 4.69) is 5.32 Å². The Bertz CT molecular complexity index is 374. The Morgan fingerprint density at radius 2 is 2.21 bits per heavy atom. The average Bonchev–Trinajstić information content (AvgIpc) is 2.14. The minimum Gasteiger partial charge on any atom is -0.483 e. The maximum atomic E-state index is 13.0. The molecule has 0 saturated heterocycles. The molecule has 1 aromatic carbocycles. The van der Waals surface area contributed by atoms with Gasteiger partial charge in [-0.25, -0.2) is 4.39 Å². The van der Waals surface area contributed by atoms with Crippen LogP contribution in [0.4, 0.5) is 10.1 Å². The van der Waals surface area contributed by atoms with E-state index >= 15 is 0 Å². The standard InChI is InChI=1S/C11H12FNO/c12-8-2-3-9-10(6-8)14-11(7-13-9)4-1-5-11/h2-3,6,13H,1,4-5,7H2. The number of ether oxygens (including phenoxy) is 1. The van der Waals surface area contributed by atoms with Crippen molar-refractivity contribution in [2.75, 3.05) is 11.9 Å². The fourth-order valence-electron chi connectivity index (χ4n) is 2.10. The van der Waals surface area contributed by atoms with E-state index in [9.17, 15) is 4.39 Å². The molecular formula is C11H12FNO. The molecule has 3 heteroatoms. The van der Waals surface area contributed by atoms with Crippen LogP contribution in [0.2, 0.25) is 0 Å². The molecule has 1 fully saturated rings. The summed E-state index contributed by atoms with van der Waals surface area (Å²) < 4.78 is 18.8. The molecule has 74 valence electrons. The van der Waals surface area contributed by atoms with E-state index in [-0.39, 0.29) is 11.4 Å². The van der Waals surface area contributed by atoms with Crippen LogP contribution in [0.15, 0.2) is 18.2 Å². The number of benzene rings is 1. The molecule has 0 amide bonds. The molecule has 2 nitrogen and oxygen atoms in total. The topological polar surface area (TPSA) is 21.3 Å². The molecule has 1 heterocycles. The van der Waals surface area contributed by atoms with E-state index < -0.39 is 0 Å². The van der Waals surface area contributed by atoms with Crippen LogP contribution in [-0.4, -0.2) is 12.1 Å². The number of anilines is 1. The molecule has 1 spiro atoms. The van der Waals surface area contributed by atoms with Crippen LogP contribution in [0.3, 0.4) is 0 Å². The average molecular weight is 193 g/mol. The highest BCUT2D eigenvalue weighted by molar-refractivity contribution is 5.58. The first-order valence-corrected chi connectivity index (χ1v) is 5.00. The Kier molecular flexibility index (Phi) is 1.52. The first-order chi connectivity index (χ1) is 6.77. The Morgan fingerprint density at radius 3 is 2.93 bits per heavy atom. The fraction of sp³-hybridized carbons (Fsp3) is 0.455. The zero-order valence-corrected chi connectivity index (χ0v) is 7.85. The second-order valence-electron chi connectivity index (χ2n) is 4.13. The van der Waals surface area contributed by atoms with Gasteiger partial charge in [0.2, 0.25) is 0 Å². The second kappa shape index (κ2) is 2.62. The highest BCUT2D eigenvalue weighted by atomic mass is 19.1. The predicted molar refractivity (Wildman–Crippen MR) is 52.1 cm³/mol. The summed E-state index contributed by atoms with van der Waals surface area (Å²) in [5.41, 5.74) is 0.866. The molecular weight excluding hydrogens is 181 g/mol. The Morgan fingerprint density at radius 1 is 1.36 bits per heavy atom. The predicted octanol–water partition coefficient (Wildman–Crippen LogP) is 2.55. The molecule has 0 atom stereocenters. The lowest BCUT2D eigenvalue weighted by atomic mass is 9.79. The minimum absolute atomic E-state index is 0.0409. The van der Waals surface area contributed by atoms with Gasteiger partial charge in [0.1, 0.15) is 17.2 Å². The summed E-state index contributed by atoms with van der Waals surface area (Å²) >= 11 is 0. The van der Waals surface area contributed by atoms with Crippen molar-refractivity contribution >= 4 is 5.69 Å². The molecule has 0 bridgehead atoms. The van der Waals surface area contributed by atoms with E-state index in [4.69, 9.17) is 4.74 Å². The van der Waals surface area contributed by atoms with Crippen LogP contribution in [-0.2, 0) is 0 Å². The van der Waals surface area contributed by atoms with Crippen LogP contribution >= 0.6 is 0 Å². The summed E-state index contributed by atoms with van der Waals surface area (Å²) in [6.45, 7) is 0.853. The lowest BCUT2D eigenvalue weighted by Gasteiger charge is -2.45. The largest absolute Gasteiger partial charge is 0.483 e. The van der Waals surface area contributed by atoms with E-state index in [0.29, 0.717) is 5.75 Å². The Labute approximate surface area is 82.1 Å². The normalized spacial score (nSPS) is 21.8. The Hall–Kier alpha value is -1.25. The van der Waals surface area contributed by atoms with Crippen LogP contribution in [0, 0.1) is 5.82 Å². The number of hydrogen-bond acceptors (Lipinski definition) is 2. The van der Waals surface area contributed by atoms with Crippen molar-refractivity contribution in [2.24, 2.45) is 0 Å². The Balaban J connectivity index is 1.96. The number of rotatable bonds is 0. The van der Waals surface area contributed by atoms with E-state index in [1.807, 2.05) is 0 Å². The van der Waals surface area contributed by atoms with Gasteiger partial charge < -0.3 is 10.1 Å². The molecule has 0 radical (unpaired) electrons. The first-order valence-electron chi connectivity index (χ1n) is 5.00. The third-order valence-corrected chi connectivity index (χ3v) is 3.14. The van der Waals surface area contributed by atoms with E-state index in [1.165, 1.54) is 18.6 Å². The van der Waals surface area contributed by atoms with Gasteiger partial charge >= 0.3 is 0 Å². The van der Waals surface area contributed by atoms with Gasteiger partial charge in [-0.1, -0.05) is 0 Å². The zero-order chi connectivity index (χ0) is 9.60. The van der Waals surface area contributed by atoms with Crippen molar-refractivity contribution < 1.29 is 9.13 Å². The summed E-state index contributed by atoms with van der Waals surface area (Å²) in [6, 6.07) is 4.64.